The van der Waals surface area contributed by atoms with Gasteiger partial charge in [-0.2, -0.15) is 0 Å². The summed E-state index contributed by atoms with van der Waals surface area (Å²) in [5, 5.41) is 10.7. The number of unbranched alkanes of at least 4 members (excludes halogenated alkanes) is 2. The van der Waals surface area contributed by atoms with E-state index in [1.807, 2.05) is 0 Å². The molecule has 0 aliphatic carbocycles. The van der Waals surface area contributed by atoms with E-state index in [-0.39, 0.29) is 5.41 Å². The van der Waals surface area contributed by atoms with Crippen LogP contribution in [0.4, 0.5) is 0 Å². The molecule has 1 N–H and O–H groups in total. The fourth-order valence-corrected chi connectivity index (χ4v) is 3.03. The minimum atomic E-state index is 0.0517. The zero-order chi connectivity index (χ0) is 16.0. The Bertz CT molecular complexity index is 443. The van der Waals surface area contributed by atoms with Crippen LogP contribution in [-0.4, -0.2) is 5.11 Å². The van der Waals surface area contributed by atoms with Crippen LogP contribution in [0.15, 0.2) is 12.1 Å². The maximum Gasteiger partial charge on any atom is 0.122 e. The summed E-state index contributed by atoms with van der Waals surface area (Å²) in [6.45, 7) is 13.4. The molecular formula is C20H34O. The molecule has 0 amide bonds. The van der Waals surface area contributed by atoms with E-state index in [0.717, 1.165) is 30.4 Å². The van der Waals surface area contributed by atoms with Crippen molar-refractivity contribution in [2.45, 2.75) is 85.5 Å². The van der Waals surface area contributed by atoms with Gasteiger partial charge in [0.25, 0.3) is 0 Å². The van der Waals surface area contributed by atoms with Crippen molar-refractivity contribution >= 4 is 0 Å². The molecule has 1 aromatic rings. The predicted octanol–water partition coefficient (Wildman–Crippen LogP) is 6.01. The maximum absolute atomic E-state index is 10.7. The number of hydrogen-bond donors (Lipinski definition) is 1. The fraction of sp³-hybridized carbons (Fsp3) is 0.700. The van der Waals surface area contributed by atoms with Gasteiger partial charge in [-0.3, -0.25) is 0 Å². The molecule has 21 heavy (non-hydrogen) atoms. The highest BCUT2D eigenvalue weighted by Gasteiger charge is 2.25. The molecule has 0 saturated carbocycles. The summed E-state index contributed by atoms with van der Waals surface area (Å²) in [5.41, 5.74) is 3.68. The number of benzene rings is 1. The Balaban J connectivity index is 3.14. The number of rotatable bonds is 8. The van der Waals surface area contributed by atoms with Crippen LogP contribution in [-0.2, 0) is 18.3 Å². The van der Waals surface area contributed by atoms with Crippen LogP contribution in [0, 0.1) is 5.92 Å². The average molecular weight is 290 g/mol. The van der Waals surface area contributed by atoms with Crippen molar-refractivity contribution in [1.29, 1.82) is 0 Å². The van der Waals surface area contributed by atoms with Gasteiger partial charge in [0.2, 0.25) is 0 Å². The molecule has 1 rings (SSSR count). The number of aryl methyl sites for hydroxylation is 1. The Morgan fingerprint density at radius 2 is 1.76 bits per heavy atom. The number of phenols is 1. The third-order valence-corrected chi connectivity index (χ3v) is 4.42. The first kappa shape index (κ1) is 18.1. The van der Waals surface area contributed by atoms with Crippen molar-refractivity contribution in [2.75, 3.05) is 0 Å². The third-order valence-electron chi connectivity index (χ3n) is 4.42. The zero-order valence-electron chi connectivity index (χ0n) is 14.9. The van der Waals surface area contributed by atoms with Gasteiger partial charge in [0.05, 0.1) is 0 Å². The largest absolute Gasteiger partial charge is 0.507 e. The van der Waals surface area contributed by atoms with Crippen molar-refractivity contribution in [3.8, 4) is 5.75 Å². The highest BCUT2D eigenvalue weighted by molar-refractivity contribution is 5.47. The molecule has 0 heterocycles. The van der Waals surface area contributed by atoms with Gasteiger partial charge in [-0.1, -0.05) is 72.9 Å². The van der Waals surface area contributed by atoms with Crippen LogP contribution in [0.3, 0.4) is 0 Å². The monoisotopic (exact) mass is 290 g/mol. The number of hydrogen-bond acceptors (Lipinski definition) is 1. The van der Waals surface area contributed by atoms with E-state index in [1.54, 1.807) is 0 Å². The second kappa shape index (κ2) is 7.87. The van der Waals surface area contributed by atoms with E-state index in [0.29, 0.717) is 11.7 Å². The minimum Gasteiger partial charge on any atom is -0.507 e. The Labute approximate surface area is 131 Å². The molecule has 0 saturated heterocycles. The summed E-state index contributed by atoms with van der Waals surface area (Å²) in [5.74, 6) is 1.11. The SMILES string of the molecule is CCCCCC(C)(C)c1cc(CC)cc(CC(C)C)c1O. The van der Waals surface area contributed by atoms with Gasteiger partial charge in [-0.15, -0.1) is 0 Å². The summed E-state index contributed by atoms with van der Waals surface area (Å²) in [6, 6.07) is 4.42. The fourth-order valence-electron chi connectivity index (χ4n) is 3.03. The number of aromatic hydroxyl groups is 1. The molecule has 0 bridgehead atoms. The lowest BCUT2D eigenvalue weighted by molar-refractivity contribution is 0.402. The lowest BCUT2D eigenvalue weighted by Crippen LogP contribution is -2.18. The van der Waals surface area contributed by atoms with Gasteiger partial charge in [0.1, 0.15) is 5.75 Å². The van der Waals surface area contributed by atoms with Crippen molar-refractivity contribution in [3.05, 3.63) is 28.8 Å². The standard InChI is InChI=1S/C20H34O/c1-7-9-10-11-20(5,6)18-14-16(8-2)13-17(19(18)21)12-15(3)4/h13-15,21H,7-12H2,1-6H3. The highest BCUT2D eigenvalue weighted by atomic mass is 16.3. The third kappa shape index (κ3) is 5.05. The van der Waals surface area contributed by atoms with E-state index < -0.39 is 0 Å². The van der Waals surface area contributed by atoms with E-state index in [2.05, 4.69) is 53.7 Å². The first-order valence-corrected chi connectivity index (χ1v) is 8.67. The quantitative estimate of drug-likeness (QED) is 0.581. The lowest BCUT2D eigenvalue weighted by atomic mass is 9.77. The van der Waals surface area contributed by atoms with E-state index in [4.69, 9.17) is 0 Å². The summed E-state index contributed by atoms with van der Waals surface area (Å²) in [4.78, 5) is 0. The van der Waals surface area contributed by atoms with Crippen LogP contribution >= 0.6 is 0 Å². The molecule has 1 heteroatoms. The lowest BCUT2D eigenvalue weighted by Gasteiger charge is -2.28. The molecule has 0 aliphatic heterocycles. The average Bonchev–Trinajstić information content (AvgIpc) is 2.40. The van der Waals surface area contributed by atoms with Crippen molar-refractivity contribution < 1.29 is 5.11 Å². The molecule has 0 aromatic heterocycles. The minimum absolute atomic E-state index is 0.0517. The Kier molecular flexibility index (Phi) is 6.77. The van der Waals surface area contributed by atoms with Crippen LogP contribution in [0.2, 0.25) is 0 Å². The molecule has 0 fully saturated rings. The highest BCUT2D eigenvalue weighted by Crippen LogP contribution is 2.38. The van der Waals surface area contributed by atoms with Crippen LogP contribution in [0.5, 0.6) is 5.75 Å². The van der Waals surface area contributed by atoms with Gasteiger partial charge in [0, 0.05) is 5.56 Å². The van der Waals surface area contributed by atoms with Gasteiger partial charge < -0.3 is 5.11 Å². The van der Waals surface area contributed by atoms with E-state index in [1.165, 1.54) is 24.8 Å². The van der Waals surface area contributed by atoms with Crippen molar-refractivity contribution in [2.24, 2.45) is 5.92 Å². The summed E-state index contributed by atoms with van der Waals surface area (Å²) >= 11 is 0. The van der Waals surface area contributed by atoms with Crippen LogP contribution < -0.4 is 0 Å². The summed E-state index contributed by atoms with van der Waals surface area (Å²) in [7, 11) is 0. The summed E-state index contributed by atoms with van der Waals surface area (Å²) in [6.07, 6.45) is 6.88. The second-order valence-electron chi connectivity index (χ2n) is 7.44. The molecule has 0 spiro atoms. The predicted molar refractivity (Wildman–Crippen MR) is 93.2 cm³/mol. The number of phenolic OH excluding ortho intramolecular Hbond substituents is 1. The molecular weight excluding hydrogens is 256 g/mol. The maximum atomic E-state index is 10.7. The molecule has 0 atom stereocenters. The first-order valence-electron chi connectivity index (χ1n) is 8.67. The molecule has 1 aromatic carbocycles. The molecule has 0 aliphatic rings. The van der Waals surface area contributed by atoms with Gasteiger partial charge >= 0.3 is 0 Å². The Morgan fingerprint density at radius 1 is 1.10 bits per heavy atom. The first-order chi connectivity index (χ1) is 9.81. The molecule has 0 radical (unpaired) electrons. The van der Waals surface area contributed by atoms with Crippen LogP contribution in [0.1, 0.15) is 83.9 Å². The Morgan fingerprint density at radius 3 is 2.29 bits per heavy atom. The van der Waals surface area contributed by atoms with Gasteiger partial charge in [-0.05, 0) is 41.7 Å². The topological polar surface area (TPSA) is 20.2 Å². The zero-order valence-corrected chi connectivity index (χ0v) is 14.9. The van der Waals surface area contributed by atoms with Crippen molar-refractivity contribution in [1.82, 2.24) is 0 Å². The van der Waals surface area contributed by atoms with Crippen LogP contribution in [0.25, 0.3) is 0 Å². The summed E-state index contributed by atoms with van der Waals surface area (Å²) < 4.78 is 0. The van der Waals surface area contributed by atoms with Crippen molar-refractivity contribution in [3.63, 3.8) is 0 Å². The van der Waals surface area contributed by atoms with Gasteiger partial charge in [-0.25, -0.2) is 0 Å². The second-order valence-corrected chi connectivity index (χ2v) is 7.44. The molecule has 120 valence electrons. The molecule has 1 nitrogen and oxygen atoms in total. The van der Waals surface area contributed by atoms with E-state index >= 15 is 0 Å². The Hall–Kier alpha value is -0.980. The normalized spacial score (nSPS) is 12.1. The van der Waals surface area contributed by atoms with Gasteiger partial charge in [0.15, 0.2) is 0 Å². The molecule has 0 unspecified atom stereocenters. The smallest absolute Gasteiger partial charge is 0.122 e. The van der Waals surface area contributed by atoms with E-state index in [9.17, 15) is 5.11 Å².